The molecule has 0 aliphatic heterocycles. The predicted molar refractivity (Wildman–Crippen MR) is 50.4 cm³/mol. The number of carbonyl (C=O) groups excluding carboxylic acids is 1. The van der Waals surface area contributed by atoms with E-state index in [1.165, 1.54) is 0 Å². The minimum absolute atomic E-state index is 0.414. The van der Waals surface area contributed by atoms with Crippen LogP contribution in [0.1, 0.15) is 11.6 Å². The summed E-state index contributed by atoms with van der Waals surface area (Å²) in [5.41, 5.74) is 0.592. The smallest absolute Gasteiger partial charge is 0.315 e. The van der Waals surface area contributed by atoms with Gasteiger partial charge in [-0.1, -0.05) is 30.3 Å². The molecule has 5 heteroatoms. The van der Waals surface area contributed by atoms with Crippen molar-refractivity contribution in [1.29, 1.82) is 0 Å². The molecule has 0 bridgehead atoms. The van der Waals surface area contributed by atoms with Gasteiger partial charge in [0.15, 0.2) is 0 Å². The van der Waals surface area contributed by atoms with Crippen LogP contribution in [-0.2, 0) is 4.79 Å². The van der Waals surface area contributed by atoms with Crippen LogP contribution < -0.4 is 5.32 Å². The molecule has 0 spiro atoms. The summed E-state index contributed by atoms with van der Waals surface area (Å²) in [5.74, 6) is -1.38. The number of hydrogen-bond acceptors (Lipinski definition) is 2. The van der Waals surface area contributed by atoms with Crippen LogP contribution in [-0.4, -0.2) is 24.0 Å². The Hall–Kier alpha value is -1.49. The van der Waals surface area contributed by atoms with Gasteiger partial charge in [-0.25, -0.2) is 0 Å². The van der Waals surface area contributed by atoms with E-state index in [1.807, 2.05) is 5.32 Å². The number of aliphatic hydroxyl groups is 1. The second kappa shape index (κ2) is 5.41. The SMILES string of the molecule is O=C(NC(CO)c1ccccc1)C(F)F. The van der Waals surface area contributed by atoms with Crippen LogP contribution in [0.4, 0.5) is 8.78 Å². The van der Waals surface area contributed by atoms with Gasteiger partial charge in [-0.05, 0) is 5.56 Å². The van der Waals surface area contributed by atoms with Gasteiger partial charge in [0, 0.05) is 0 Å². The number of carbonyl (C=O) groups is 1. The summed E-state index contributed by atoms with van der Waals surface area (Å²) in [6.07, 6.45) is -3.07. The van der Waals surface area contributed by atoms with Crippen molar-refractivity contribution in [2.45, 2.75) is 12.5 Å². The normalized spacial score (nSPS) is 12.5. The first kappa shape index (κ1) is 11.6. The lowest BCUT2D eigenvalue weighted by Crippen LogP contribution is -2.34. The van der Waals surface area contributed by atoms with Crippen LogP contribution in [0.3, 0.4) is 0 Å². The molecule has 1 rings (SSSR count). The molecule has 82 valence electrons. The third kappa shape index (κ3) is 3.28. The summed E-state index contributed by atoms with van der Waals surface area (Å²) in [5, 5.41) is 11.0. The molecule has 0 heterocycles. The van der Waals surface area contributed by atoms with Crippen molar-refractivity contribution in [2.24, 2.45) is 0 Å². The standard InChI is InChI=1S/C10H11F2NO2/c11-9(12)10(15)13-8(6-14)7-4-2-1-3-5-7/h1-5,8-9,14H,6H2,(H,13,15). The Kier molecular flexibility index (Phi) is 4.17. The molecule has 1 amide bonds. The summed E-state index contributed by atoms with van der Waals surface area (Å²) < 4.78 is 23.9. The number of amides is 1. The van der Waals surface area contributed by atoms with E-state index in [0.717, 1.165) is 0 Å². The van der Waals surface area contributed by atoms with E-state index in [2.05, 4.69) is 0 Å². The summed E-state index contributed by atoms with van der Waals surface area (Å²) in [4.78, 5) is 10.7. The van der Waals surface area contributed by atoms with E-state index in [4.69, 9.17) is 5.11 Å². The summed E-state index contributed by atoms with van der Waals surface area (Å²) in [6, 6.07) is 7.67. The molecule has 0 fully saturated rings. The lowest BCUT2D eigenvalue weighted by atomic mass is 10.1. The maximum Gasteiger partial charge on any atom is 0.315 e. The Bertz CT molecular complexity index is 316. The molecule has 1 atom stereocenters. The lowest BCUT2D eigenvalue weighted by molar-refractivity contribution is -0.132. The molecule has 1 aromatic carbocycles. The van der Waals surface area contributed by atoms with Crippen LogP contribution in [0.25, 0.3) is 0 Å². The minimum atomic E-state index is -3.07. The average Bonchev–Trinajstić information content (AvgIpc) is 2.26. The average molecular weight is 215 g/mol. The molecule has 0 aliphatic rings. The third-order valence-corrected chi connectivity index (χ3v) is 1.90. The zero-order valence-electron chi connectivity index (χ0n) is 7.86. The van der Waals surface area contributed by atoms with Gasteiger partial charge in [-0.2, -0.15) is 8.78 Å². The molecule has 1 unspecified atom stereocenters. The maximum absolute atomic E-state index is 11.9. The highest BCUT2D eigenvalue weighted by molar-refractivity contribution is 5.79. The van der Waals surface area contributed by atoms with Gasteiger partial charge in [0.25, 0.3) is 5.91 Å². The van der Waals surface area contributed by atoms with Gasteiger partial charge in [0.05, 0.1) is 12.6 Å². The number of halogens is 2. The van der Waals surface area contributed by atoms with Crippen molar-refractivity contribution >= 4 is 5.91 Å². The molecule has 2 N–H and O–H groups in total. The number of alkyl halides is 2. The lowest BCUT2D eigenvalue weighted by Gasteiger charge is -2.16. The molecule has 3 nitrogen and oxygen atoms in total. The van der Waals surface area contributed by atoms with Crippen LogP contribution in [0, 0.1) is 0 Å². The van der Waals surface area contributed by atoms with E-state index < -0.39 is 25.0 Å². The largest absolute Gasteiger partial charge is 0.394 e. The summed E-state index contributed by atoms with van der Waals surface area (Å²) in [6.45, 7) is -0.414. The molecule has 0 radical (unpaired) electrons. The monoisotopic (exact) mass is 215 g/mol. The highest BCUT2D eigenvalue weighted by Gasteiger charge is 2.20. The van der Waals surface area contributed by atoms with Gasteiger partial charge >= 0.3 is 6.43 Å². The highest BCUT2D eigenvalue weighted by atomic mass is 19.3. The fourth-order valence-electron chi connectivity index (χ4n) is 1.15. The van der Waals surface area contributed by atoms with Gasteiger partial charge in [0.1, 0.15) is 0 Å². The van der Waals surface area contributed by atoms with E-state index in [-0.39, 0.29) is 0 Å². The first-order valence-corrected chi connectivity index (χ1v) is 4.39. The van der Waals surface area contributed by atoms with Crippen molar-refractivity contribution < 1.29 is 18.7 Å². The van der Waals surface area contributed by atoms with Crippen molar-refractivity contribution in [3.8, 4) is 0 Å². The van der Waals surface area contributed by atoms with Crippen LogP contribution in [0.2, 0.25) is 0 Å². The number of nitrogens with one attached hydrogen (secondary N) is 1. The van der Waals surface area contributed by atoms with E-state index in [1.54, 1.807) is 30.3 Å². The zero-order chi connectivity index (χ0) is 11.3. The number of rotatable bonds is 4. The fraction of sp³-hybridized carbons (Fsp3) is 0.300. The van der Waals surface area contributed by atoms with E-state index in [9.17, 15) is 13.6 Å². The highest BCUT2D eigenvalue weighted by Crippen LogP contribution is 2.12. The Labute approximate surface area is 85.7 Å². The third-order valence-electron chi connectivity index (χ3n) is 1.90. The molecule has 0 aromatic heterocycles. The Morgan fingerprint density at radius 3 is 2.40 bits per heavy atom. The zero-order valence-corrected chi connectivity index (χ0v) is 7.86. The van der Waals surface area contributed by atoms with Crippen LogP contribution in [0.15, 0.2) is 30.3 Å². The predicted octanol–water partition coefficient (Wildman–Crippen LogP) is 1.10. The van der Waals surface area contributed by atoms with Crippen molar-refractivity contribution in [2.75, 3.05) is 6.61 Å². The summed E-state index contributed by atoms with van der Waals surface area (Å²) in [7, 11) is 0. The Morgan fingerprint density at radius 1 is 1.33 bits per heavy atom. The first-order chi connectivity index (χ1) is 7.15. The topological polar surface area (TPSA) is 49.3 Å². The van der Waals surface area contributed by atoms with E-state index >= 15 is 0 Å². The van der Waals surface area contributed by atoms with Crippen LogP contribution >= 0.6 is 0 Å². The van der Waals surface area contributed by atoms with E-state index in [0.29, 0.717) is 5.56 Å². The van der Waals surface area contributed by atoms with Gasteiger partial charge in [-0.15, -0.1) is 0 Å². The molecular weight excluding hydrogens is 204 g/mol. The van der Waals surface area contributed by atoms with Crippen molar-refractivity contribution in [1.82, 2.24) is 5.32 Å². The Morgan fingerprint density at radius 2 is 1.93 bits per heavy atom. The second-order valence-electron chi connectivity index (χ2n) is 2.96. The fourth-order valence-corrected chi connectivity index (χ4v) is 1.15. The molecule has 0 saturated carbocycles. The Balaban J connectivity index is 2.69. The van der Waals surface area contributed by atoms with Gasteiger partial charge < -0.3 is 10.4 Å². The minimum Gasteiger partial charge on any atom is -0.394 e. The first-order valence-electron chi connectivity index (χ1n) is 4.39. The van der Waals surface area contributed by atoms with Crippen molar-refractivity contribution in [3.05, 3.63) is 35.9 Å². The maximum atomic E-state index is 11.9. The molecule has 15 heavy (non-hydrogen) atoms. The molecular formula is C10H11F2NO2. The quantitative estimate of drug-likeness (QED) is 0.790. The molecule has 1 aromatic rings. The second-order valence-corrected chi connectivity index (χ2v) is 2.96. The number of benzene rings is 1. The van der Waals surface area contributed by atoms with Gasteiger partial charge in [0.2, 0.25) is 0 Å². The van der Waals surface area contributed by atoms with Crippen LogP contribution in [0.5, 0.6) is 0 Å². The van der Waals surface area contributed by atoms with Crippen molar-refractivity contribution in [3.63, 3.8) is 0 Å². The van der Waals surface area contributed by atoms with Gasteiger partial charge in [-0.3, -0.25) is 4.79 Å². The number of hydrogen-bond donors (Lipinski definition) is 2. The summed E-state index contributed by atoms with van der Waals surface area (Å²) >= 11 is 0. The molecule has 0 saturated heterocycles. The number of aliphatic hydroxyl groups excluding tert-OH is 1. The molecule has 0 aliphatic carbocycles.